The van der Waals surface area contributed by atoms with Crippen molar-refractivity contribution in [3.05, 3.63) is 70.7 Å². The number of benzene rings is 2. The second-order valence-electron chi connectivity index (χ2n) is 4.88. The molecule has 0 fully saturated rings. The average Bonchev–Trinajstić information content (AvgIpc) is 3.04. The summed E-state index contributed by atoms with van der Waals surface area (Å²) in [5, 5.41) is 15.2. The van der Waals surface area contributed by atoms with Crippen LogP contribution in [0.4, 0.5) is 0 Å². The maximum absolute atomic E-state index is 10.2. The molecular weight excluding hydrogens is 337 g/mol. The summed E-state index contributed by atoms with van der Waals surface area (Å²) in [7, 11) is 0. The first-order valence-corrected chi connectivity index (χ1v) is 7.61. The predicted molar refractivity (Wildman–Crippen MR) is 88.0 cm³/mol. The summed E-state index contributed by atoms with van der Waals surface area (Å²) in [6, 6.07) is 12.1. The van der Waals surface area contributed by atoms with Crippen molar-refractivity contribution in [2.75, 3.05) is 0 Å². The SMILES string of the molecule is OC(Cn1cncn1)c1ccc(Oc2ccc(Cl)cc2)c(Cl)c1. The Bertz CT molecular complexity index is 777. The van der Waals surface area contributed by atoms with Gasteiger partial charge >= 0.3 is 0 Å². The van der Waals surface area contributed by atoms with Gasteiger partial charge in [-0.15, -0.1) is 0 Å². The van der Waals surface area contributed by atoms with Crippen LogP contribution in [0.5, 0.6) is 11.5 Å². The Labute approximate surface area is 143 Å². The highest BCUT2D eigenvalue weighted by atomic mass is 35.5. The smallest absolute Gasteiger partial charge is 0.146 e. The van der Waals surface area contributed by atoms with Gasteiger partial charge in [0.15, 0.2) is 0 Å². The predicted octanol–water partition coefficient (Wildman–Crippen LogP) is 4.11. The van der Waals surface area contributed by atoms with Crippen molar-refractivity contribution in [3.63, 3.8) is 0 Å². The Hall–Kier alpha value is -2.08. The molecule has 2 aromatic carbocycles. The standard InChI is InChI=1S/C16H13Cl2N3O2/c17-12-2-4-13(5-3-12)23-16-6-1-11(7-14(16)18)15(22)8-21-10-19-9-20-21/h1-7,9-10,15,22H,8H2. The highest BCUT2D eigenvalue weighted by Gasteiger charge is 2.12. The molecule has 0 radical (unpaired) electrons. The Balaban J connectivity index is 1.73. The van der Waals surface area contributed by atoms with Crippen molar-refractivity contribution >= 4 is 23.2 Å². The molecule has 1 unspecified atom stereocenters. The minimum atomic E-state index is -0.737. The van der Waals surface area contributed by atoms with Gasteiger partial charge in [-0.2, -0.15) is 5.10 Å². The van der Waals surface area contributed by atoms with Gasteiger partial charge in [0.1, 0.15) is 24.2 Å². The number of nitrogens with zero attached hydrogens (tertiary/aromatic N) is 3. The van der Waals surface area contributed by atoms with E-state index in [2.05, 4.69) is 10.1 Å². The molecule has 0 aliphatic carbocycles. The molecule has 0 saturated carbocycles. The lowest BCUT2D eigenvalue weighted by molar-refractivity contribution is 0.151. The third-order valence-corrected chi connectivity index (χ3v) is 3.76. The molecular formula is C16H13Cl2N3O2. The number of rotatable bonds is 5. The van der Waals surface area contributed by atoms with E-state index >= 15 is 0 Å². The first-order valence-electron chi connectivity index (χ1n) is 6.85. The quantitative estimate of drug-likeness (QED) is 0.752. The third-order valence-electron chi connectivity index (χ3n) is 3.21. The van der Waals surface area contributed by atoms with E-state index in [1.807, 2.05) is 0 Å². The lowest BCUT2D eigenvalue weighted by Crippen LogP contribution is -2.09. The minimum absolute atomic E-state index is 0.299. The van der Waals surface area contributed by atoms with Gasteiger partial charge < -0.3 is 9.84 Å². The van der Waals surface area contributed by atoms with Crippen LogP contribution in [0.15, 0.2) is 55.1 Å². The molecule has 5 nitrogen and oxygen atoms in total. The van der Waals surface area contributed by atoms with Crippen molar-refractivity contribution in [2.24, 2.45) is 0 Å². The highest BCUT2D eigenvalue weighted by Crippen LogP contribution is 2.32. The van der Waals surface area contributed by atoms with Gasteiger partial charge in [0.25, 0.3) is 0 Å². The van der Waals surface area contributed by atoms with E-state index in [0.29, 0.717) is 33.7 Å². The van der Waals surface area contributed by atoms with Crippen LogP contribution in [0.25, 0.3) is 0 Å². The summed E-state index contributed by atoms with van der Waals surface area (Å²) in [6.45, 7) is 0.299. The van der Waals surface area contributed by atoms with Crippen LogP contribution in [-0.2, 0) is 6.54 Å². The number of aliphatic hydroxyl groups excluding tert-OH is 1. The maximum Gasteiger partial charge on any atom is 0.146 e. The zero-order valence-electron chi connectivity index (χ0n) is 11.9. The molecule has 0 aliphatic rings. The van der Waals surface area contributed by atoms with Crippen LogP contribution in [0.2, 0.25) is 10.0 Å². The monoisotopic (exact) mass is 349 g/mol. The lowest BCUT2D eigenvalue weighted by Gasteiger charge is -2.13. The van der Waals surface area contributed by atoms with Gasteiger partial charge in [-0.25, -0.2) is 4.98 Å². The van der Waals surface area contributed by atoms with E-state index in [9.17, 15) is 5.11 Å². The Morgan fingerprint density at radius 2 is 1.91 bits per heavy atom. The summed E-state index contributed by atoms with van der Waals surface area (Å²) in [5.41, 5.74) is 0.675. The molecule has 1 aromatic heterocycles. The van der Waals surface area contributed by atoms with E-state index in [1.165, 1.54) is 6.33 Å². The van der Waals surface area contributed by atoms with Crippen LogP contribution in [-0.4, -0.2) is 19.9 Å². The maximum atomic E-state index is 10.2. The second kappa shape index (κ2) is 7.00. The highest BCUT2D eigenvalue weighted by molar-refractivity contribution is 6.32. The molecule has 3 rings (SSSR count). The average molecular weight is 350 g/mol. The molecule has 0 spiro atoms. The van der Waals surface area contributed by atoms with Crippen LogP contribution in [0, 0.1) is 0 Å². The molecule has 7 heteroatoms. The number of ether oxygens (including phenoxy) is 1. The van der Waals surface area contributed by atoms with Crippen molar-refractivity contribution in [3.8, 4) is 11.5 Å². The Morgan fingerprint density at radius 3 is 2.57 bits per heavy atom. The fraction of sp³-hybridized carbons (Fsp3) is 0.125. The first kappa shape index (κ1) is 15.8. The lowest BCUT2D eigenvalue weighted by atomic mass is 10.1. The van der Waals surface area contributed by atoms with Gasteiger partial charge in [-0.3, -0.25) is 4.68 Å². The van der Waals surface area contributed by atoms with Crippen LogP contribution >= 0.6 is 23.2 Å². The van der Waals surface area contributed by atoms with Gasteiger partial charge in [-0.1, -0.05) is 29.3 Å². The van der Waals surface area contributed by atoms with E-state index in [-0.39, 0.29) is 0 Å². The van der Waals surface area contributed by atoms with Crippen molar-refractivity contribution in [2.45, 2.75) is 12.6 Å². The zero-order valence-corrected chi connectivity index (χ0v) is 13.4. The zero-order chi connectivity index (χ0) is 16.2. The summed E-state index contributed by atoms with van der Waals surface area (Å²) in [6.07, 6.45) is 2.23. The van der Waals surface area contributed by atoms with Crippen molar-refractivity contribution in [1.82, 2.24) is 14.8 Å². The molecule has 1 N–H and O–H groups in total. The summed E-state index contributed by atoms with van der Waals surface area (Å²) >= 11 is 12.1. The fourth-order valence-corrected chi connectivity index (χ4v) is 2.40. The van der Waals surface area contributed by atoms with E-state index in [4.69, 9.17) is 27.9 Å². The van der Waals surface area contributed by atoms with Gasteiger partial charge in [0, 0.05) is 5.02 Å². The fourth-order valence-electron chi connectivity index (χ4n) is 2.05. The largest absolute Gasteiger partial charge is 0.456 e. The Morgan fingerprint density at radius 1 is 1.13 bits per heavy atom. The molecule has 1 atom stereocenters. The third kappa shape index (κ3) is 4.01. The topological polar surface area (TPSA) is 60.2 Å². The molecule has 0 saturated heterocycles. The molecule has 0 bridgehead atoms. The van der Waals surface area contributed by atoms with E-state index in [1.54, 1.807) is 53.5 Å². The molecule has 23 heavy (non-hydrogen) atoms. The van der Waals surface area contributed by atoms with Gasteiger partial charge in [-0.05, 0) is 42.0 Å². The first-order chi connectivity index (χ1) is 11.1. The molecule has 118 valence electrons. The Kier molecular flexibility index (Phi) is 4.81. The summed E-state index contributed by atoms with van der Waals surface area (Å²) in [4.78, 5) is 3.84. The molecule has 0 aliphatic heterocycles. The van der Waals surface area contributed by atoms with Crippen LogP contribution in [0.3, 0.4) is 0 Å². The summed E-state index contributed by atoms with van der Waals surface area (Å²) in [5.74, 6) is 1.14. The number of aromatic nitrogens is 3. The normalized spacial score (nSPS) is 12.1. The summed E-state index contributed by atoms with van der Waals surface area (Å²) < 4.78 is 7.26. The van der Waals surface area contributed by atoms with Crippen molar-refractivity contribution < 1.29 is 9.84 Å². The van der Waals surface area contributed by atoms with Crippen LogP contribution in [0.1, 0.15) is 11.7 Å². The van der Waals surface area contributed by atoms with Gasteiger partial charge in [0.05, 0.1) is 17.7 Å². The molecule has 0 amide bonds. The molecule has 1 heterocycles. The number of hydrogen-bond acceptors (Lipinski definition) is 4. The van der Waals surface area contributed by atoms with Gasteiger partial charge in [0.2, 0.25) is 0 Å². The number of halogens is 2. The van der Waals surface area contributed by atoms with Crippen LogP contribution < -0.4 is 4.74 Å². The minimum Gasteiger partial charge on any atom is -0.456 e. The van der Waals surface area contributed by atoms with E-state index in [0.717, 1.165) is 0 Å². The number of hydrogen-bond donors (Lipinski definition) is 1. The van der Waals surface area contributed by atoms with E-state index < -0.39 is 6.10 Å². The van der Waals surface area contributed by atoms with Crippen molar-refractivity contribution in [1.29, 1.82) is 0 Å². The molecule has 3 aromatic rings. The number of aliphatic hydroxyl groups is 1. The second-order valence-corrected chi connectivity index (χ2v) is 5.72.